The first kappa shape index (κ1) is 39.9. The van der Waals surface area contributed by atoms with Crippen LogP contribution in [0.2, 0.25) is 0 Å². The van der Waals surface area contributed by atoms with E-state index in [-0.39, 0.29) is 14.9 Å². The van der Waals surface area contributed by atoms with E-state index in [0.29, 0.717) is 11.2 Å². The third kappa shape index (κ3) is 6.34. The molecule has 0 N–H and O–H groups in total. The van der Waals surface area contributed by atoms with Crippen LogP contribution in [0.1, 0.15) is 90.4 Å². The van der Waals surface area contributed by atoms with Crippen LogP contribution >= 0.6 is 0 Å². The maximum atomic E-state index is 11.4. The van der Waals surface area contributed by atoms with Crippen LogP contribution in [-0.2, 0) is 25.3 Å². The Labute approximate surface area is 298 Å². The Morgan fingerprint density at radius 2 is 1.24 bits per heavy atom. The molecule has 268 valence electrons. The predicted octanol–water partition coefficient (Wildman–Crippen LogP) is 9.47. The molecule has 0 saturated heterocycles. The van der Waals surface area contributed by atoms with Crippen LogP contribution in [0.3, 0.4) is 0 Å². The highest BCUT2D eigenvalue weighted by molar-refractivity contribution is 5.91. The first-order chi connectivity index (χ1) is 22.1. The molecule has 6 aliphatic rings. The van der Waals surface area contributed by atoms with Gasteiger partial charge in [-0.2, -0.15) is 10.2 Å². The number of ketones is 1. The number of carbonyl (C=O) groups excluding carboxylic acids is 1. The van der Waals surface area contributed by atoms with Crippen molar-refractivity contribution >= 4 is 5.78 Å². The summed E-state index contributed by atoms with van der Waals surface area (Å²) in [5.41, 5.74) is 14.5. The van der Waals surface area contributed by atoms with Gasteiger partial charge in [0, 0.05) is 43.3 Å². The van der Waals surface area contributed by atoms with E-state index in [2.05, 4.69) is 81.8 Å². The van der Waals surface area contributed by atoms with Crippen molar-refractivity contribution in [3.8, 4) is 0 Å². The number of Topliss-reactive ketones (excluding diaryl/α,β-unsaturated/α-hetero) is 1. The van der Waals surface area contributed by atoms with E-state index < -0.39 is 0 Å². The normalized spacial score (nSPS) is 27.1. The third-order valence-corrected chi connectivity index (χ3v) is 12.7. The number of nitrogens with zero attached hydrogens (tertiary/aromatic N) is 5. The molecule has 49 heavy (non-hydrogen) atoms. The van der Waals surface area contributed by atoms with E-state index in [0.717, 1.165) is 64.9 Å². The minimum absolute atomic E-state index is 0. The second kappa shape index (κ2) is 14.7. The van der Waals surface area contributed by atoms with Crippen molar-refractivity contribution in [2.24, 2.45) is 60.9 Å². The van der Waals surface area contributed by atoms with Gasteiger partial charge in [0.05, 0.1) is 11.4 Å². The average Bonchev–Trinajstić information content (AvgIpc) is 3.51. The van der Waals surface area contributed by atoms with Gasteiger partial charge in [0.25, 0.3) is 0 Å². The van der Waals surface area contributed by atoms with Crippen LogP contribution in [0.25, 0.3) is 0 Å². The van der Waals surface area contributed by atoms with Crippen LogP contribution in [-0.4, -0.2) is 30.3 Å². The Bertz CT molecular complexity index is 1610. The van der Waals surface area contributed by atoms with Crippen LogP contribution in [0.15, 0.2) is 36.7 Å². The van der Waals surface area contributed by atoms with Crippen LogP contribution < -0.4 is 0 Å². The number of carbonyl (C=O) groups is 1. The number of aryl methyl sites for hydroxylation is 10. The molecule has 0 atom stereocenters. The molecule has 6 heteroatoms. The van der Waals surface area contributed by atoms with Gasteiger partial charge in [-0.15, -0.1) is 0 Å². The highest BCUT2D eigenvalue weighted by Crippen LogP contribution is 3.05. The Balaban J connectivity index is 0.000000166. The zero-order chi connectivity index (χ0) is 34.7. The molecule has 0 spiro atoms. The fraction of sp³-hybridized carbons (Fsp3) is 0.581. The Hall–Kier alpha value is -3.54. The number of pyridine rings is 1. The molecule has 6 fully saturated rings. The number of hydrogen-bond acceptors (Lipinski definition) is 4. The van der Waals surface area contributed by atoms with Crippen molar-refractivity contribution in [3.63, 3.8) is 0 Å². The quantitative estimate of drug-likeness (QED) is 0.214. The van der Waals surface area contributed by atoms with Gasteiger partial charge in [0.1, 0.15) is 5.78 Å². The monoisotopic (exact) mass is 668 g/mol. The lowest BCUT2D eigenvalue weighted by atomic mass is 8.96. The van der Waals surface area contributed by atoms with Crippen molar-refractivity contribution in [3.05, 3.63) is 98.4 Å². The molecular weight excluding hydrogens is 603 g/mol. The van der Waals surface area contributed by atoms with Crippen LogP contribution in [0.4, 0.5) is 0 Å². The standard InChI is InChI=1S/C11H16.C10H10O.C8H11N.2C6H10N2.2CH4/c1-7-6-8(2)10(4)11(5)9(7)3;1-2(11)10-7-4-3-5(7)9(10)6(3)8(4)10;1-3-8-5-4-7(2)9-6-8;1-5-4-8(3)7-6(5)2;1-5-4-6(2)8(3)7-5;;/h6H,1-5H3;3-9H,1H3;4-6H,3H2,1-2H3;2*4H,1-3H3;2*1H4. The summed E-state index contributed by atoms with van der Waals surface area (Å²) in [5.74, 6) is 7.66. The van der Waals surface area contributed by atoms with E-state index in [4.69, 9.17) is 0 Å². The molecule has 6 aliphatic carbocycles. The molecule has 0 aliphatic heterocycles. The van der Waals surface area contributed by atoms with Crippen LogP contribution in [0.5, 0.6) is 0 Å². The smallest absolute Gasteiger partial charge is 0.136 e. The minimum Gasteiger partial charge on any atom is -0.299 e. The lowest BCUT2D eigenvalue weighted by Gasteiger charge is -3.07. The molecule has 3 aromatic heterocycles. The number of hydrogen-bond donors (Lipinski definition) is 0. The average molecular weight is 668 g/mol. The number of rotatable bonds is 2. The van der Waals surface area contributed by atoms with Crippen molar-refractivity contribution in [2.45, 2.75) is 104 Å². The van der Waals surface area contributed by atoms with Crippen molar-refractivity contribution in [1.29, 1.82) is 0 Å². The van der Waals surface area contributed by atoms with Gasteiger partial charge in [-0.05, 0) is 175 Å². The van der Waals surface area contributed by atoms with Gasteiger partial charge >= 0.3 is 0 Å². The van der Waals surface area contributed by atoms with Gasteiger partial charge < -0.3 is 0 Å². The fourth-order valence-corrected chi connectivity index (χ4v) is 9.72. The number of benzene rings is 1. The summed E-state index contributed by atoms with van der Waals surface area (Å²) in [6.45, 7) is 25.0. The highest BCUT2D eigenvalue weighted by Gasteiger charge is 3.05. The summed E-state index contributed by atoms with van der Waals surface area (Å²) in [6.07, 6.45) is 5.01. The summed E-state index contributed by atoms with van der Waals surface area (Å²) >= 11 is 0. The molecular formula is C43H65N5O. The molecule has 1 aromatic carbocycles. The lowest BCUT2D eigenvalue weighted by molar-refractivity contribution is -0.595. The van der Waals surface area contributed by atoms with Crippen molar-refractivity contribution in [1.82, 2.24) is 24.5 Å². The van der Waals surface area contributed by atoms with Gasteiger partial charge in [0.15, 0.2) is 0 Å². The SMILES string of the molecule is C.C.CC(=O)C12C3C4C5C3C1C5C42.CCc1ccc(C)nc1.Cc1cc(C)c(C)c(C)c1C.Cc1cc(C)n(C)n1.Cc1cn(C)nc1C. The molecule has 0 radical (unpaired) electrons. The van der Waals surface area contributed by atoms with E-state index in [1.54, 1.807) is 0 Å². The maximum absolute atomic E-state index is 11.4. The summed E-state index contributed by atoms with van der Waals surface area (Å²) in [6, 6.07) is 8.47. The zero-order valence-electron chi connectivity index (χ0n) is 31.4. The molecule has 6 nitrogen and oxygen atoms in total. The van der Waals surface area contributed by atoms with Crippen molar-refractivity contribution in [2.75, 3.05) is 0 Å². The Kier molecular flexibility index (Phi) is 12.0. The second-order valence-corrected chi connectivity index (χ2v) is 15.0. The fourth-order valence-electron chi connectivity index (χ4n) is 9.72. The largest absolute Gasteiger partial charge is 0.299 e. The summed E-state index contributed by atoms with van der Waals surface area (Å²) in [7, 11) is 3.88. The van der Waals surface area contributed by atoms with E-state index in [1.807, 2.05) is 76.5 Å². The first-order valence-corrected chi connectivity index (χ1v) is 17.5. The van der Waals surface area contributed by atoms with Crippen molar-refractivity contribution < 1.29 is 4.79 Å². The van der Waals surface area contributed by atoms with Gasteiger partial charge in [-0.3, -0.25) is 19.1 Å². The van der Waals surface area contributed by atoms with Gasteiger partial charge in [0.2, 0.25) is 0 Å². The molecule has 10 rings (SSSR count). The maximum Gasteiger partial charge on any atom is 0.136 e. The second-order valence-electron chi connectivity index (χ2n) is 15.0. The molecule has 0 unspecified atom stereocenters. The Morgan fingerprint density at radius 1 is 0.714 bits per heavy atom. The third-order valence-electron chi connectivity index (χ3n) is 12.7. The molecule has 4 aromatic rings. The van der Waals surface area contributed by atoms with Gasteiger partial charge in [-0.25, -0.2) is 0 Å². The van der Waals surface area contributed by atoms with E-state index in [9.17, 15) is 4.79 Å². The lowest BCUT2D eigenvalue weighted by Crippen LogP contribution is -3.06. The zero-order valence-corrected chi connectivity index (χ0v) is 31.4. The molecule has 0 amide bonds. The number of aromatic nitrogens is 5. The minimum atomic E-state index is 0. The topological polar surface area (TPSA) is 65.6 Å². The van der Waals surface area contributed by atoms with Gasteiger partial charge in [-0.1, -0.05) is 33.9 Å². The van der Waals surface area contributed by atoms with Crippen LogP contribution in [0, 0.1) is 116 Å². The van der Waals surface area contributed by atoms with E-state index >= 15 is 0 Å². The summed E-state index contributed by atoms with van der Waals surface area (Å²) < 4.78 is 3.69. The summed E-state index contributed by atoms with van der Waals surface area (Å²) in [4.78, 5) is 15.6. The molecule has 3 heterocycles. The van der Waals surface area contributed by atoms with E-state index in [1.165, 1.54) is 44.6 Å². The molecule has 0 bridgehead atoms. The highest BCUT2D eigenvalue weighted by atomic mass is 16.1. The predicted molar refractivity (Wildman–Crippen MR) is 205 cm³/mol. The molecule has 6 saturated carbocycles. The Morgan fingerprint density at radius 3 is 1.51 bits per heavy atom. The first-order valence-electron chi connectivity index (χ1n) is 17.5. The summed E-state index contributed by atoms with van der Waals surface area (Å²) in [5, 5.41) is 8.25.